The van der Waals surface area contributed by atoms with Crippen molar-refractivity contribution in [2.75, 3.05) is 25.0 Å². The van der Waals surface area contributed by atoms with Gasteiger partial charge in [-0.15, -0.1) is 0 Å². The molecule has 5 nitrogen and oxygen atoms in total. The van der Waals surface area contributed by atoms with Gasteiger partial charge in [0.15, 0.2) is 0 Å². The standard InChI is InChI=1S/C23H25F3N4O/c1-15-3-5-18(11-16(15)2)28-22(31)13-29-9-7-19(8-10-29)30-14-27-20-12-17(23(24,25)26)4-6-21(20)30/h3-6,11-12,14,19H,7-10,13H2,1-2H3,(H,28,31). The molecule has 1 amide bonds. The van der Waals surface area contributed by atoms with Crippen molar-refractivity contribution in [1.29, 1.82) is 0 Å². The summed E-state index contributed by atoms with van der Waals surface area (Å²) in [6.07, 6.45) is -1.13. The number of rotatable bonds is 4. The zero-order valence-electron chi connectivity index (χ0n) is 17.5. The smallest absolute Gasteiger partial charge is 0.327 e. The van der Waals surface area contributed by atoms with Crippen molar-refractivity contribution in [1.82, 2.24) is 14.5 Å². The van der Waals surface area contributed by atoms with Crippen LogP contribution >= 0.6 is 0 Å². The van der Waals surface area contributed by atoms with E-state index in [1.807, 2.05) is 36.6 Å². The van der Waals surface area contributed by atoms with E-state index in [1.165, 1.54) is 11.6 Å². The van der Waals surface area contributed by atoms with Crippen molar-refractivity contribution >= 4 is 22.6 Å². The van der Waals surface area contributed by atoms with Crippen molar-refractivity contribution < 1.29 is 18.0 Å². The molecule has 1 aliphatic heterocycles. The largest absolute Gasteiger partial charge is 0.416 e. The van der Waals surface area contributed by atoms with E-state index in [-0.39, 0.29) is 11.9 Å². The number of benzene rings is 2. The number of nitrogens with zero attached hydrogens (tertiary/aromatic N) is 3. The third-order valence-electron chi connectivity index (χ3n) is 6.01. The first-order chi connectivity index (χ1) is 14.7. The lowest BCUT2D eigenvalue weighted by Crippen LogP contribution is -2.39. The summed E-state index contributed by atoms with van der Waals surface area (Å²) in [5.41, 5.74) is 3.49. The van der Waals surface area contributed by atoms with Crippen LogP contribution < -0.4 is 5.32 Å². The predicted molar refractivity (Wildman–Crippen MR) is 114 cm³/mol. The fourth-order valence-corrected chi connectivity index (χ4v) is 4.08. The average Bonchev–Trinajstić information content (AvgIpc) is 3.14. The summed E-state index contributed by atoms with van der Waals surface area (Å²) in [7, 11) is 0. The lowest BCUT2D eigenvalue weighted by molar-refractivity contribution is -0.137. The van der Waals surface area contributed by atoms with Gasteiger partial charge in [0, 0.05) is 24.8 Å². The molecule has 0 saturated carbocycles. The molecule has 8 heteroatoms. The number of amides is 1. The third kappa shape index (κ3) is 4.74. The molecule has 1 fully saturated rings. The number of carbonyl (C=O) groups is 1. The summed E-state index contributed by atoms with van der Waals surface area (Å²) in [4.78, 5) is 18.7. The first-order valence-corrected chi connectivity index (χ1v) is 10.3. The molecule has 1 aromatic heterocycles. The van der Waals surface area contributed by atoms with Crippen molar-refractivity contribution in [3.05, 3.63) is 59.4 Å². The molecule has 0 atom stereocenters. The molecule has 3 aromatic rings. The van der Waals surface area contributed by atoms with Gasteiger partial charge in [-0.3, -0.25) is 9.69 Å². The first kappa shape index (κ1) is 21.4. The molecule has 1 saturated heterocycles. The van der Waals surface area contributed by atoms with Crippen LogP contribution in [-0.4, -0.2) is 40.0 Å². The second-order valence-corrected chi connectivity index (χ2v) is 8.21. The van der Waals surface area contributed by atoms with Crippen LogP contribution in [0.15, 0.2) is 42.7 Å². The van der Waals surface area contributed by atoms with Crippen molar-refractivity contribution in [2.45, 2.75) is 38.9 Å². The van der Waals surface area contributed by atoms with Gasteiger partial charge < -0.3 is 9.88 Å². The highest BCUT2D eigenvalue weighted by Crippen LogP contribution is 2.33. The Morgan fingerprint density at radius 1 is 1.10 bits per heavy atom. The monoisotopic (exact) mass is 430 g/mol. The van der Waals surface area contributed by atoms with Crippen LogP contribution in [0, 0.1) is 13.8 Å². The Morgan fingerprint density at radius 2 is 1.84 bits per heavy atom. The Hall–Kier alpha value is -2.87. The van der Waals surface area contributed by atoms with Crippen molar-refractivity contribution in [2.24, 2.45) is 0 Å². The zero-order valence-corrected chi connectivity index (χ0v) is 17.5. The van der Waals surface area contributed by atoms with Crippen LogP contribution in [0.25, 0.3) is 11.0 Å². The van der Waals surface area contributed by atoms with E-state index >= 15 is 0 Å². The van der Waals surface area contributed by atoms with E-state index in [0.29, 0.717) is 17.6 Å². The Labute approximate surface area is 178 Å². The quantitative estimate of drug-likeness (QED) is 0.637. The Balaban J connectivity index is 1.35. The van der Waals surface area contributed by atoms with Gasteiger partial charge in [-0.2, -0.15) is 13.2 Å². The number of alkyl halides is 3. The van der Waals surface area contributed by atoms with Crippen LogP contribution in [0.5, 0.6) is 0 Å². The number of fused-ring (bicyclic) bond motifs is 1. The molecule has 4 rings (SSSR count). The highest BCUT2D eigenvalue weighted by molar-refractivity contribution is 5.92. The molecule has 164 valence electrons. The molecule has 0 radical (unpaired) electrons. The van der Waals surface area contributed by atoms with Gasteiger partial charge in [0.25, 0.3) is 0 Å². The molecule has 0 bridgehead atoms. The first-order valence-electron chi connectivity index (χ1n) is 10.3. The number of piperidine rings is 1. The summed E-state index contributed by atoms with van der Waals surface area (Å²) in [6.45, 7) is 5.85. The minimum Gasteiger partial charge on any atom is -0.327 e. The molecule has 0 unspecified atom stereocenters. The van der Waals surface area contributed by atoms with Crippen molar-refractivity contribution in [3.8, 4) is 0 Å². The number of nitrogens with one attached hydrogen (secondary N) is 1. The fraction of sp³-hybridized carbons (Fsp3) is 0.391. The van der Waals surface area contributed by atoms with Crippen LogP contribution in [0.3, 0.4) is 0 Å². The lowest BCUT2D eigenvalue weighted by Gasteiger charge is -2.32. The Bertz CT molecular complexity index is 1100. The summed E-state index contributed by atoms with van der Waals surface area (Å²) in [6, 6.07) is 9.71. The number of hydrogen-bond donors (Lipinski definition) is 1. The van der Waals surface area contributed by atoms with Crippen LogP contribution in [0.2, 0.25) is 0 Å². The van der Waals surface area contributed by atoms with Gasteiger partial charge in [-0.1, -0.05) is 6.07 Å². The van der Waals surface area contributed by atoms with Crippen molar-refractivity contribution in [3.63, 3.8) is 0 Å². The van der Waals surface area contributed by atoms with Gasteiger partial charge in [-0.05, 0) is 68.1 Å². The van der Waals surface area contributed by atoms with Gasteiger partial charge in [0.1, 0.15) is 0 Å². The molecule has 1 N–H and O–H groups in total. The molecule has 2 aromatic carbocycles. The number of carbonyl (C=O) groups excluding carboxylic acids is 1. The maximum Gasteiger partial charge on any atom is 0.416 e. The summed E-state index contributed by atoms with van der Waals surface area (Å²) >= 11 is 0. The minimum absolute atomic E-state index is 0.0468. The van der Waals surface area contributed by atoms with Gasteiger partial charge >= 0.3 is 6.18 Å². The average molecular weight is 430 g/mol. The number of halogens is 3. The van der Waals surface area contributed by atoms with E-state index in [1.54, 1.807) is 6.33 Å². The molecule has 0 spiro atoms. The number of imidazole rings is 1. The molecule has 31 heavy (non-hydrogen) atoms. The van der Waals surface area contributed by atoms with Gasteiger partial charge in [0.05, 0.1) is 29.5 Å². The molecular weight excluding hydrogens is 405 g/mol. The molecule has 1 aliphatic rings. The maximum absolute atomic E-state index is 12.9. The number of likely N-dealkylation sites (tertiary alicyclic amines) is 1. The SMILES string of the molecule is Cc1ccc(NC(=O)CN2CCC(n3cnc4cc(C(F)(F)F)ccc43)CC2)cc1C. The third-order valence-corrected chi connectivity index (χ3v) is 6.01. The predicted octanol–water partition coefficient (Wildman–Crippen LogP) is 4.95. The van der Waals surface area contributed by atoms with E-state index in [0.717, 1.165) is 49.3 Å². The maximum atomic E-state index is 12.9. The van der Waals surface area contributed by atoms with E-state index in [9.17, 15) is 18.0 Å². The van der Waals surface area contributed by atoms with Crippen LogP contribution in [0.4, 0.5) is 18.9 Å². The summed E-state index contributed by atoms with van der Waals surface area (Å²) in [5, 5.41) is 2.95. The fourth-order valence-electron chi connectivity index (χ4n) is 4.08. The number of aromatic nitrogens is 2. The summed E-state index contributed by atoms with van der Waals surface area (Å²) in [5.74, 6) is -0.0468. The lowest BCUT2D eigenvalue weighted by atomic mass is 10.0. The van der Waals surface area contributed by atoms with E-state index in [2.05, 4.69) is 15.2 Å². The second kappa shape index (κ2) is 8.34. The van der Waals surface area contributed by atoms with Crippen LogP contribution in [0.1, 0.15) is 35.6 Å². The number of aryl methyl sites for hydroxylation is 2. The van der Waals surface area contributed by atoms with Gasteiger partial charge in [0.2, 0.25) is 5.91 Å². The summed E-state index contributed by atoms with van der Waals surface area (Å²) < 4.78 is 40.7. The normalized spacial score (nSPS) is 16.0. The Kier molecular flexibility index (Phi) is 5.75. The topological polar surface area (TPSA) is 50.2 Å². The minimum atomic E-state index is -4.37. The zero-order chi connectivity index (χ0) is 22.2. The van der Waals surface area contributed by atoms with E-state index in [4.69, 9.17) is 0 Å². The molecular formula is C23H25F3N4O. The van der Waals surface area contributed by atoms with Crippen LogP contribution in [-0.2, 0) is 11.0 Å². The number of hydrogen-bond acceptors (Lipinski definition) is 3. The second-order valence-electron chi connectivity index (χ2n) is 8.21. The van der Waals surface area contributed by atoms with Gasteiger partial charge in [-0.25, -0.2) is 4.98 Å². The highest BCUT2D eigenvalue weighted by atomic mass is 19.4. The highest BCUT2D eigenvalue weighted by Gasteiger charge is 2.31. The Morgan fingerprint density at radius 3 is 2.52 bits per heavy atom. The molecule has 0 aliphatic carbocycles. The number of anilines is 1. The molecule has 2 heterocycles. The van der Waals surface area contributed by atoms with E-state index < -0.39 is 11.7 Å².